The Hall–Kier alpha value is -4.41. The van der Waals surface area contributed by atoms with Gasteiger partial charge in [0.05, 0.1) is 12.2 Å². The highest BCUT2D eigenvalue weighted by atomic mass is 16.5. The molecule has 0 aliphatic heterocycles. The van der Waals surface area contributed by atoms with E-state index in [-0.39, 0.29) is 30.0 Å². The summed E-state index contributed by atoms with van der Waals surface area (Å²) in [7, 11) is 0. The molecule has 4 N–H and O–H groups in total. The minimum absolute atomic E-state index is 0.125. The summed E-state index contributed by atoms with van der Waals surface area (Å²) in [5.74, 6) is -0.0482. The van der Waals surface area contributed by atoms with E-state index >= 15 is 0 Å². The molecular weight excluding hydrogens is 414 g/mol. The van der Waals surface area contributed by atoms with Gasteiger partial charge in [0.1, 0.15) is 18.1 Å². The van der Waals surface area contributed by atoms with E-state index in [1.165, 1.54) is 12.3 Å². The molecule has 1 aliphatic rings. The first-order valence-corrected chi connectivity index (χ1v) is 9.98. The van der Waals surface area contributed by atoms with Crippen LogP contribution in [-0.4, -0.2) is 41.8 Å². The molecule has 0 spiro atoms. The van der Waals surface area contributed by atoms with Crippen molar-refractivity contribution in [2.45, 2.75) is 25.5 Å². The molecule has 1 aliphatic carbocycles. The molecule has 1 saturated carbocycles. The van der Waals surface area contributed by atoms with Crippen molar-refractivity contribution < 1.29 is 14.6 Å². The zero-order chi connectivity index (χ0) is 22.1. The van der Waals surface area contributed by atoms with E-state index in [1.807, 2.05) is 30.3 Å². The number of hydrogen-bond donors (Lipinski definition) is 4. The first kappa shape index (κ1) is 19.5. The largest absolute Gasteiger partial charge is 0.493 e. The summed E-state index contributed by atoms with van der Waals surface area (Å²) in [5.41, 5.74) is 1.44. The Bertz CT molecular complexity index is 1470. The first-order chi connectivity index (χ1) is 15.5. The number of nitrogens with one attached hydrogen (secondary N) is 3. The Kier molecular flexibility index (Phi) is 4.90. The number of benzene rings is 1. The van der Waals surface area contributed by atoms with Gasteiger partial charge in [-0.05, 0) is 24.5 Å². The second kappa shape index (κ2) is 8.02. The Balaban J connectivity index is 1.49. The highest BCUT2D eigenvalue weighted by Gasteiger charge is 2.20. The number of imidazole rings is 1. The zero-order valence-electron chi connectivity index (χ0n) is 16.8. The Morgan fingerprint density at radius 3 is 2.84 bits per heavy atom. The average Bonchev–Trinajstić information content (AvgIpc) is 3.41. The summed E-state index contributed by atoms with van der Waals surface area (Å²) in [5, 5.41) is 17.3. The van der Waals surface area contributed by atoms with Crippen molar-refractivity contribution in [1.29, 1.82) is 0 Å². The molecule has 1 aromatic carbocycles. The van der Waals surface area contributed by atoms with E-state index in [1.54, 1.807) is 10.6 Å². The number of aromatic hydroxyl groups is 1. The maximum Gasteiger partial charge on any atom is 0.413 e. The fraction of sp³-hybridized carbons (Fsp3) is 0.190. The van der Waals surface area contributed by atoms with Crippen LogP contribution in [0.5, 0.6) is 5.88 Å². The minimum Gasteiger partial charge on any atom is -0.493 e. The lowest BCUT2D eigenvalue weighted by atomic mass is 10.2. The third-order valence-corrected chi connectivity index (χ3v) is 4.82. The number of carbonyl (C=O) groups is 1. The maximum absolute atomic E-state index is 12.3. The molecule has 0 saturated heterocycles. The van der Waals surface area contributed by atoms with E-state index in [0.717, 1.165) is 18.4 Å². The number of ether oxygens (including phenoxy) is 1. The van der Waals surface area contributed by atoms with E-state index in [0.29, 0.717) is 16.4 Å². The lowest BCUT2D eigenvalue weighted by Gasteiger charge is -2.07. The molecule has 4 aromatic rings. The van der Waals surface area contributed by atoms with Gasteiger partial charge in [-0.15, -0.1) is 0 Å². The number of carbonyl (C=O) groups excluding carboxylic acids is 1. The quantitative estimate of drug-likeness (QED) is 0.366. The summed E-state index contributed by atoms with van der Waals surface area (Å²) in [6.07, 6.45) is 4.40. The summed E-state index contributed by atoms with van der Waals surface area (Å²) in [6.45, 7) is 0.125. The smallest absolute Gasteiger partial charge is 0.413 e. The van der Waals surface area contributed by atoms with Crippen molar-refractivity contribution in [3.63, 3.8) is 0 Å². The first-order valence-electron chi connectivity index (χ1n) is 9.98. The number of hydrogen-bond acceptors (Lipinski definition) is 7. The van der Waals surface area contributed by atoms with Crippen LogP contribution in [-0.2, 0) is 11.3 Å². The molecule has 1 amide bonds. The van der Waals surface area contributed by atoms with Crippen molar-refractivity contribution in [1.82, 2.24) is 24.6 Å². The summed E-state index contributed by atoms with van der Waals surface area (Å²) < 4.78 is 6.82. The van der Waals surface area contributed by atoms with E-state index in [9.17, 15) is 14.7 Å². The predicted octanol–water partition coefficient (Wildman–Crippen LogP) is 0.811. The van der Waals surface area contributed by atoms with Crippen LogP contribution >= 0.6 is 0 Å². The van der Waals surface area contributed by atoms with Gasteiger partial charge in [-0.25, -0.2) is 14.6 Å². The molecule has 11 nitrogen and oxygen atoms in total. The molecule has 11 heteroatoms. The molecule has 0 atom stereocenters. The molecule has 0 bridgehead atoms. The lowest BCUT2D eigenvalue weighted by Crippen LogP contribution is -2.22. The van der Waals surface area contributed by atoms with Gasteiger partial charge in [0.2, 0.25) is 5.88 Å². The van der Waals surface area contributed by atoms with Crippen molar-refractivity contribution in [2.75, 3.05) is 5.32 Å². The van der Waals surface area contributed by atoms with Crippen LogP contribution in [0, 0.1) is 0 Å². The number of aromatic nitrogens is 5. The summed E-state index contributed by atoms with van der Waals surface area (Å²) in [4.78, 5) is 37.6. The number of aromatic amines is 2. The van der Waals surface area contributed by atoms with Crippen LogP contribution in [0.25, 0.3) is 11.7 Å². The van der Waals surface area contributed by atoms with Crippen molar-refractivity contribution >= 4 is 23.6 Å². The van der Waals surface area contributed by atoms with Crippen LogP contribution < -0.4 is 21.7 Å². The number of fused-ring (bicyclic) bond motifs is 1. The van der Waals surface area contributed by atoms with Crippen LogP contribution in [0.1, 0.15) is 24.1 Å². The Labute approximate surface area is 180 Å². The van der Waals surface area contributed by atoms with Crippen molar-refractivity contribution in [3.05, 3.63) is 75.0 Å². The van der Waals surface area contributed by atoms with Gasteiger partial charge in [0.15, 0.2) is 11.1 Å². The van der Waals surface area contributed by atoms with E-state index < -0.39 is 11.8 Å². The SMILES string of the molecule is O=C(Nc1cc(=NC2CC2)n2nc/c(=C/c3[nH]c(=O)[nH]c3O)c2n1)OCc1ccccc1. The standard InChI is InChI=1S/C21H19N7O4/c29-19-15(24-20(30)27-19)8-13-10-22-28-17(23-14-6-7-14)9-16(25-18(13)28)26-21(31)32-11-12-4-2-1-3-5-12/h1-5,8-10,14,29H,6-7,11H2,(H,26,31)(H2,24,27,30)/b13-8-,23-17?. The van der Waals surface area contributed by atoms with Gasteiger partial charge < -0.3 is 14.8 Å². The van der Waals surface area contributed by atoms with Gasteiger partial charge in [-0.1, -0.05) is 30.3 Å². The molecule has 5 rings (SSSR count). The highest BCUT2D eigenvalue weighted by Crippen LogP contribution is 2.22. The molecule has 32 heavy (non-hydrogen) atoms. The number of amides is 1. The fourth-order valence-electron chi connectivity index (χ4n) is 3.12. The van der Waals surface area contributed by atoms with E-state index in [2.05, 4.69) is 30.4 Å². The maximum atomic E-state index is 12.3. The second-order valence-electron chi connectivity index (χ2n) is 7.37. The highest BCUT2D eigenvalue weighted by molar-refractivity contribution is 5.83. The Morgan fingerprint density at radius 1 is 1.31 bits per heavy atom. The number of nitrogens with zero attached hydrogens (tertiary/aromatic N) is 4. The number of anilines is 1. The van der Waals surface area contributed by atoms with Gasteiger partial charge in [-0.3, -0.25) is 15.3 Å². The predicted molar refractivity (Wildman–Crippen MR) is 114 cm³/mol. The van der Waals surface area contributed by atoms with Crippen LogP contribution in [0.4, 0.5) is 10.6 Å². The molecule has 0 radical (unpaired) electrons. The topological polar surface area (TPSA) is 150 Å². The molecule has 1 fully saturated rings. The number of H-pyrrole nitrogens is 2. The van der Waals surface area contributed by atoms with Crippen molar-refractivity contribution in [3.8, 4) is 5.88 Å². The second-order valence-corrected chi connectivity index (χ2v) is 7.37. The molecular formula is C21H19N7O4. The van der Waals surface area contributed by atoms with Gasteiger partial charge in [0.25, 0.3) is 0 Å². The van der Waals surface area contributed by atoms with Crippen LogP contribution in [0.15, 0.2) is 52.4 Å². The summed E-state index contributed by atoms with van der Waals surface area (Å²) in [6, 6.07) is 11.2. The third kappa shape index (κ3) is 4.21. The third-order valence-electron chi connectivity index (χ3n) is 4.82. The summed E-state index contributed by atoms with van der Waals surface area (Å²) >= 11 is 0. The van der Waals surface area contributed by atoms with Crippen molar-refractivity contribution in [2.24, 2.45) is 4.99 Å². The molecule has 3 aromatic heterocycles. The number of rotatable bonds is 5. The van der Waals surface area contributed by atoms with Gasteiger partial charge in [-0.2, -0.15) is 9.61 Å². The molecule has 0 unspecified atom stereocenters. The average molecular weight is 433 g/mol. The fourth-order valence-corrected chi connectivity index (χ4v) is 3.12. The lowest BCUT2D eigenvalue weighted by molar-refractivity contribution is 0.155. The Morgan fingerprint density at radius 2 is 2.12 bits per heavy atom. The normalized spacial score (nSPS) is 14.8. The molecule has 162 valence electrons. The molecule has 3 heterocycles. The van der Waals surface area contributed by atoms with Crippen LogP contribution in [0.2, 0.25) is 0 Å². The zero-order valence-corrected chi connectivity index (χ0v) is 16.8. The van der Waals surface area contributed by atoms with Gasteiger partial charge in [0, 0.05) is 11.3 Å². The minimum atomic E-state index is -0.652. The van der Waals surface area contributed by atoms with Gasteiger partial charge >= 0.3 is 11.8 Å². The monoisotopic (exact) mass is 433 g/mol. The van der Waals surface area contributed by atoms with Crippen LogP contribution in [0.3, 0.4) is 0 Å². The van der Waals surface area contributed by atoms with E-state index in [4.69, 9.17) is 4.74 Å².